The van der Waals surface area contributed by atoms with Crippen molar-refractivity contribution in [3.05, 3.63) is 35.5 Å². The van der Waals surface area contributed by atoms with Crippen molar-refractivity contribution in [2.45, 2.75) is 6.92 Å². The Labute approximate surface area is 92.6 Å². The summed E-state index contributed by atoms with van der Waals surface area (Å²) in [5, 5.41) is 0. The molecule has 0 radical (unpaired) electrons. The summed E-state index contributed by atoms with van der Waals surface area (Å²) in [4.78, 5) is 0.0671. The van der Waals surface area contributed by atoms with Crippen LogP contribution in [0, 0.1) is 0 Å². The van der Waals surface area contributed by atoms with Gasteiger partial charge >= 0.3 is 29.6 Å². The first-order valence-corrected chi connectivity index (χ1v) is 3.45. The van der Waals surface area contributed by atoms with Gasteiger partial charge in [0.1, 0.15) is 5.83 Å². The molecule has 0 aromatic carbocycles. The molecule has 56 valence electrons. The molecule has 0 spiro atoms. The molecule has 0 aliphatic heterocycles. The van der Waals surface area contributed by atoms with E-state index in [-0.39, 0.29) is 46.5 Å². The topological polar surface area (TPSA) is 23.1 Å². The third-order valence-corrected chi connectivity index (χ3v) is 1.36. The van der Waals surface area contributed by atoms with E-state index in [1.54, 1.807) is 0 Å². The largest absolute Gasteiger partial charge is 1.00 e. The molecule has 0 aliphatic carbocycles. The number of allylic oxidation sites excluding steroid dienone is 4. The van der Waals surface area contributed by atoms with Crippen LogP contribution in [-0.2, 0) is 0 Å². The molecule has 0 amide bonds. The van der Waals surface area contributed by atoms with Crippen LogP contribution in [-0.4, -0.2) is 4.55 Å². The van der Waals surface area contributed by atoms with Crippen LogP contribution in [0.3, 0.4) is 0 Å². The summed E-state index contributed by atoms with van der Waals surface area (Å²) in [5.41, 5.74) is 0. The average Bonchev–Trinajstić information content (AvgIpc) is 1.99. The predicted molar refractivity (Wildman–Crippen MR) is 41.5 cm³/mol. The molecular formula is C7H8FNaOS. The standard InChI is InChI=1S/C7H9FOS.Na/c1-3-5-7(10-9)6(8)4-2;/h3-5,9H,1H2,2H3;/q;+1/p-1/b6-4+,7-5+;. The normalized spacial score (nSPS) is 12.3. The third kappa shape index (κ3) is 5.70. The Kier molecular flexibility index (Phi) is 10.9. The minimum Gasteiger partial charge on any atom is -0.795 e. The predicted octanol–water partition coefficient (Wildman–Crippen LogP) is -0.203. The summed E-state index contributed by atoms with van der Waals surface area (Å²) in [6, 6.07) is 0. The summed E-state index contributed by atoms with van der Waals surface area (Å²) in [6.07, 6.45) is 3.95. The molecule has 0 saturated carbocycles. The Bertz CT molecular complexity index is 177. The maximum atomic E-state index is 12.5. The van der Waals surface area contributed by atoms with Crippen molar-refractivity contribution >= 4 is 12.0 Å². The number of hydrogen-bond acceptors (Lipinski definition) is 2. The van der Waals surface area contributed by atoms with Crippen LogP contribution in [0.4, 0.5) is 4.39 Å². The molecule has 0 aromatic rings. The molecule has 0 saturated heterocycles. The molecule has 0 atom stereocenters. The van der Waals surface area contributed by atoms with Gasteiger partial charge < -0.3 is 4.55 Å². The van der Waals surface area contributed by atoms with E-state index in [0.717, 1.165) is 0 Å². The van der Waals surface area contributed by atoms with Gasteiger partial charge in [0.2, 0.25) is 0 Å². The van der Waals surface area contributed by atoms with Gasteiger partial charge in [-0.25, -0.2) is 16.4 Å². The van der Waals surface area contributed by atoms with E-state index in [4.69, 9.17) is 0 Å². The Hall–Kier alpha value is 0.460. The van der Waals surface area contributed by atoms with Gasteiger partial charge in [0.15, 0.2) is 0 Å². The first-order chi connectivity index (χ1) is 4.76. The third-order valence-electron chi connectivity index (χ3n) is 0.848. The maximum absolute atomic E-state index is 12.5. The second-order valence-corrected chi connectivity index (χ2v) is 2.09. The second-order valence-electron chi connectivity index (χ2n) is 1.49. The van der Waals surface area contributed by atoms with Crippen LogP contribution in [0.5, 0.6) is 0 Å². The van der Waals surface area contributed by atoms with Gasteiger partial charge in [0.05, 0.1) is 0 Å². The summed E-state index contributed by atoms with van der Waals surface area (Å²) < 4.78 is 22.6. The Morgan fingerprint density at radius 1 is 1.64 bits per heavy atom. The first-order valence-electron chi connectivity index (χ1n) is 2.71. The molecule has 4 heteroatoms. The average molecular weight is 182 g/mol. The van der Waals surface area contributed by atoms with Crippen LogP contribution < -0.4 is 29.6 Å². The molecule has 0 rings (SSSR count). The molecule has 0 fully saturated rings. The van der Waals surface area contributed by atoms with Gasteiger partial charge in [-0.2, -0.15) is 0 Å². The number of halogens is 1. The zero-order valence-corrected chi connectivity index (χ0v) is 9.45. The Morgan fingerprint density at radius 2 is 2.18 bits per heavy atom. The maximum Gasteiger partial charge on any atom is 1.00 e. The van der Waals surface area contributed by atoms with Crippen molar-refractivity contribution in [1.29, 1.82) is 0 Å². The fraction of sp³-hybridized carbons (Fsp3) is 0.143. The molecule has 0 aromatic heterocycles. The second kappa shape index (κ2) is 8.56. The molecule has 0 N–H and O–H groups in total. The molecule has 1 nitrogen and oxygen atoms in total. The fourth-order valence-corrected chi connectivity index (χ4v) is 0.746. The van der Waals surface area contributed by atoms with Gasteiger partial charge in [-0.15, -0.1) is 0 Å². The Balaban J connectivity index is 0. The van der Waals surface area contributed by atoms with Crippen molar-refractivity contribution in [2.75, 3.05) is 0 Å². The monoisotopic (exact) mass is 182 g/mol. The quantitative estimate of drug-likeness (QED) is 0.342. The number of rotatable bonds is 3. The summed E-state index contributed by atoms with van der Waals surface area (Å²) >= 11 is 0.124. The van der Waals surface area contributed by atoms with Crippen LogP contribution >= 0.6 is 12.0 Å². The molecule has 11 heavy (non-hydrogen) atoms. The first kappa shape index (κ1) is 14.0. The van der Waals surface area contributed by atoms with Crippen molar-refractivity contribution in [2.24, 2.45) is 0 Å². The van der Waals surface area contributed by atoms with E-state index < -0.39 is 5.83 Å². The summed E-state index contributed by atoms with van der Waals surface area (Å²) in [7, 11) is 0. The van der Waals surface area contributed by atoms with Crippen molar-refractivity contribution < 1.29 is 38.5 Å². The van der Waals surface area contributed by atoms with Gasteiger partial charge in [0.25, 0.3) is 0 Å². The minimum absolute atomic E-state index is 0. The van der Waals surface area contributed by atoms with E-state index in [9.17, 15) is 8.94 Å². The Morgan fingerprint density at radius 3 is 2.45 bits per heavy atom. The SMILES string of the molecule is C=C/C=C(S[O-])\C(F)=C/C.[Na+]. The molecule has 0 aliphatic rings. The van der Waals surface area contributed by atoms with Crippen LogP contribution in [0.25, 0.3) is 0 Å². The van der Waals surface area contributed by atoms with Gasteiger partial charge in [-0.1, -0.05) is 18.7 Å². The van der Waals surface area contributed by atoms with Crippen molar-refractivity contribution in [1.82, 2.24) is 0 Å². The fourth-order valence-electron chi connectivity index (χ4n) is 0.396. The smallest absolute Gasteiger partial charge is 0.795 e. The van der Waals surface area contributed by atoms with Gasteiger partial charge in [-0.3, -0.25) is 0 Å². The van der Waals surface area contributed by atoms with E-state index in [1.807, 2.05) is 0 Å². The summed E-state index contributed by atoms with van der Waals surface area (Å²) in [5.74, 6) is -0.500. The van der Waals surface area contributed by atoms with Crippen molar-refractivity contribution in [3.63, 3.8) is 0 Å². The zero-order valence-electron chi connectivity index (χ0n) is 6.63. The van der Waals surface area contributed by atoms with Crippen LogP contribution in [0.15, 0.2) is 35.5 Å². The molecule has 0 bridgehead atoms. The molecule has 0 heterocycles. The zero-order chi connectivity index (χ0) is 7.98. The number of hydrogen-bond donors (Lipinski definition) is 0. The molecule has 0 unspecified atom stereocenters. The van der Waals surface area contributed by atoms with E-state index in [1.165, 1.54) is 25.2 Å². The van der Waals surface area contributed by atoms with Crippen molar-refractivity contribution in [3.8, 4) is 0 Å². The molecular weight excluding hydrogens is 174 g/mol. The van der Waals surface area contributed by atoms with E-state index in [0.29, 0.717) is 0 Å². The van der Waals surface area contributed by atoms with Gasteiger partial charge in [-0.05, 0) is 13.0 Å². The van der Waals surface area contributed by atoms with E-state index in [2.05, 4.69) is 6.58 Å². The minimum atomic E-state index is -0.500. The summed E-state index contributed by atoms with van der Waals surface area (Å²) in [6.45, 7) is 4.87. The van der Waals surface area contributed by atoms with Gasteiger partial charge in [0, 0.05) is 4.91 Å². The van der Waals surface area contributed by atoms with Crippen LogP contribution in [0.2, 0.25) is 0 Å². The van der Waals surface area contributed by atoms with E-state index >= 15 is 0 Å². The van der Waals surface area contributed by atoms with Crippen LogP contribution in [0.1, 0.15) is 6.92 Å².